The maximum Gasteiger partial charge on any atom is 0.319 e. The van der Waals surface area contributed by atoms with Crippen LogP contribution in [0.15, 0.2) is 18.2 Å². The third-order valence-electron chi connectivity index (χ3n) is 4.36. The molecule has 5 nitrogen and oxygen atoms in total. The Morgan fingerprint density at radius 1 is 1.45 bits per heavy atom. The minimum Gasteiger partial charge on any atom is -0.487 e. The summed E-state index contributed by atoms with van der Waals surface area (Å²) in [5, 5.41) is 5.88. The van der Waals surface area contributed by atoms with E-state index >= 15 is 0 Å². The van der Waals surface area contributed by atoms with Crippen LogP contribution in [0.3, 0.4) is 0 Å². The van der Waals surface area contributed by atoms with Crippen molar-refractivity contribution in [3.05, 3.63) is 23.8 Å². The third-order valence-corrected chi connectivity index (χ3v) is 4.36. The molecule has 3 rings (SSSR count). The van der Waals surface area contributed by atoms with Gasteiger partial charge in [-0.2, -0.15) is 0 Å². The molecule has 1 saturated heterocycles. The molecule has 1 atom stereocenters. The number of ether oxygens (including phenoxy) is 1. The summed E-state index contributed by atoms with van der Waals surface area (Å²) in [6, 6.07) is 5.70. The molecule has 0 aromatic heterocycles. The molecule has 2 N–H and O–H groups in total. The van der Waals surface area contributed by atoms with Crippen molar-refractivity contribution in [3.63, 3.8) is 0 Å². The molecule has 1 fully saturated rings. The number of urea groups is 1. The quantitative estimate of drug-likeness (QED) is 0.902. The number of hydrogen-bond acceptors (Lipinski definition) is 3. The fraction of sp³-hybridized carbons (Fsp3) is 0.588. The number of amides is 2. The zero-order valence-corrected chi connectivity index (χ0v) is 13.6. The average Bonchev–Trinajstić information content (AvgIpc) is 2.97. The van der Waals surface area contributed by atoms with Crippen LogP contribution in [0.5, 0.6) is 5.75 Å². The van der Waals surface area contributed by atoms with Gasteiger partial charge in [-0.15, -0.1) is 0 Å². The van der Waals surface area contributed by atoms with Crippen molar-refractivity contribution in [2.45, 2.75) is 32.3 Å². The van der Waals surface area contributed by atoms with E-state index in [1.165, 1.54) is 0 Å². The average molecular weight is 303 g/mol. The number of nitrogens with one attached hydrogen (secondary N) is 2. The Hall–Kier alpha value is -1.75. The van der Waals surface area contributed by atoms with Gasteiger partial charge in [-0.25, -0.2) is 4.79 Å². The van der Waals surface area contributed by atoms with Gasteiger partial charge in [0.25, 0.3) is 0 Å². The molecule has 2 amide bonds. The minimum absolute atomic E-state index is 0.132. The first-order valence-corrected chi connectivity index (χ1v) is 7.97. The van der Waals surface area contributed by atoms with Gasteiger partial charge >= 0.3 is 6.03 Å². The van der Waals surface area contributed by atoms with Gasteiger partial charge in [0.05, 0.1) is 0 Å². The number of hydrogen-bond donors (Lipinski definition) is 2. The predicted molar refractivity (Wildman–Crippen MR) is 87.5 cm³/mol. The molecule has 120 valence electrons. The standard InChI is InChI=1S/C17H25N3O2/c1-17(2)9-13-8-14(4-5-15(13)22-17)19-16(21)18-10-12-6-7-20(3)11-12/h4-5,8,12H,6-7,9-11H2,1-3H3,(H2,18,19,21). The van der Waals surface area contributed by atoms with Gasteiger partial charge in [-0.1, -0.05) is 0 Å². The number of rotatable bonds is 3. The molecular weight excluding hydrogens is 278 g/mol. The summed E-state index contributed by atoms with van der Waals surface area (Å²) in [4.78, 5) is 14.3. The minimum atomic E-state index is -0.155. The molecule has 5 heteroatoms. The summed E-state index contributed by atoms with van der Waals surface area (Å²) >= 11 is 0. The summed E-state index contributed by atoms with van der Waals surface area (Å²) in [7, 11) is 2.12. The molecule has 1 aromatic rings. The van der Waals surface area contributed by atoms with E-state index in [-0.39, 0.29) is 11.6 Å². The SMILES string of the molecule is CN1CCC(CNC(=O)Nc2ccc3c(c2)CC(C)(C)O3)C1. The highest BCUT2D eigenvalue weighted by molar-refractivity contribution is 5.89. The molecule has 0 saturated carbocycles. The Bertz CT molecular complexity index is 571. The van der Waals surface area contributed by atoms with E-state index in [4.69, 9.17) is 4.74 Å². The van der Waals surface area contributed by atoms with Crippen molar-refractivity contribution in [2.24, 2.45) is 5.92 Å². The largest absolute Gasteiger partial charge is 0.487 e. The summed E-state index contributed by atoms with van der Waals surface area (Å²) in [6.45, 7) is 7.06. The number of anilines is 1. The zero-order valence-electron chi connectivity index (χ0n) is 13.6. The number of likely N-dealkylation sites (tertiary alicyclic amines) is 1. The van der Waals surface area contributed by atoms with Crippen LogP contribution in [0.2, 0.25) is 0 Å². The molecule has 22 heavy (non-hydrogen) atoms. The second kappa shape index (κ2) is 5.80. The normalized spacial score (nSPS) is 23.0. The molecule has 0 aliphatic carbocycles. The molecule has 0 radical (unpaired) electrons. The van der Waals surface area contributed by atoms with Gasteiger partial charge in [0.15, 0.2) is 0 Å². The lowest BCUT2D eigenvalue weighted by Gasteiger charge is -2.16. The number of carbonyl (C=O) groups excluding carboxylic acids is 1. The fourth-order valence-electron chi connectivity index (χ4n) is 3.29. The second-order valence-corrected chi connectivity index (χ2v) is 7.11. The Balaban J connectivity index is 1.52. The van der Waals surface area contributed by atoms with Crippen molar-refractivity contribution in [3.8, 4) is 5.75 Å². The lowest BCUT2D eigenvalue weighted by molar-refractivity contribution is 0.138. The number of nitrogens with zero attached hydrogens (tertiary/aromatic N) is 1. The van der Waals surface area contributed by atoms with Gasteiger partial charge in [0.2, 0.25) is 0 Å². The Morgan fingerprint density at radius 2 is 2.27 bits per heavy atom. The van der Waals surface area contributed by atoms with Crippen LogP contribution >= 0.6 is 0 Å². The van der Waals surface area contributed by atoms with Crippen LogP contribution in [-0.2, 0) is 6.42 Å². The summed E-state index contributed by atoms with van der Waals surface area (Å²) < 4.78 is 5.85. The second-order valence-electron chi connectivity index (χ2n) is 7.11. The highest BCUT2D eigenvalue weighted by Gasteiger charge is 2.30. The lowest BCUT2D eigenvalue weighted by atomic mass is 10.0. The van der Waals surface area contributed by atoms with E-state index in [9.17, 15) is 4.79 Å². The Morgan fingerprint density at radius 3 is 3.00 bits per heavy atom. The Labute approximate surface area is 132 Å². The van der Waals surface area contributed by atoms with Crippen molar-refractivity contribution in [2.75, 3.05) is 32.0 Å². The van der Waals surface area contributed by atoms with Crippen molar-refractivity contribution >= 4 is 11.7 Å². The van der Waals surface area contributed by atoms with E-state index < -0.39 is 0 Å². The maximum atomic E-state index is 12.0. The first-order valence-electron chi connectivity index (χ1n) is 7.97. The summed E-state index contributed by atoms with van der Waals surface area (Å²) in [5.41, 5.74) is 1.82. The predicted octanol–water partition coefficient (Wildman–Crippen LogP) is 2.47. The number of benzene rings is 1. The molecule has 1 aromatic carbocycles. The van der Waals surface area contributed by atoms with Gasteiger partial charge < -0.3 is 20.3 Å². The zero-order chi connectivity index (χ0) is 15.7. The van der Waals surface area contributed by atoms with E-state index in [0.717, 1.165) is 49.5 Å². The summed E-state index contributed by atoms with van der Waals surface area (Å²) in [6.07, 6.45) is 2.02. The van der Waals surface area contributed by atoms with Crippen LogP contribution in [0.25, 0.3) is 0 Å². The Kier molecular flexibility index (Phi) is 4.00. The van der Waals surface area contributed by atoms with Crippen LogP contribution in [0.4, 0.5) is 10.5 Å². The van der Waals surface area contributed by atoms with E-state index in [0.29, 0.717) is 5.92 Å². The highest BCUT2D eigenvalue weighted by Crippen LogP contribution is 2.36. The number of carbonyl (C=O) groups is 1. The molecule has 2 heterocycles. The van der Waals surface area contributed by atoms with E-state index in [1.54, 1.807) is 0 Å². The van der Waals surface area contributed by atoms with Gasteiger partial charge in [0, 0.05) is 30.8 Å². The molecule has 0 spiro atoms. The molecular formula is C17H25N3O2. The molecule has 1 unspecified atom stereocenters. The van der Waals surface area contributed by atoms with Gasteiger partial charge in [0.1, 0.15) is 11.4 Å². The topological polar surface area (TPSA) is 53.6 Å². The van der Waals surface area contributed by atoms with E-state index in [1.807, 2.05) is 18.2 Å². The van der Waals surface area contributed by atoms with Gasteiger partial charge in [-0.3, -0.25) is 0 Å². The molecule has 0 bridgehead atoms. The van der Waals surface area contributed by atoms with Crippen LogP contribution in [-0.4, -0.2) is 43.2 Å². The van der Waals surface area contributed by atoms with Crippen LogP contribution < -0.4 is 15.4 Å². The highest BCUT2D eigenvalue weighted by atomic mass is 16.5. The van der Waals surface area contributed by atoms with Crippen molar-refractivity contribution in [1.82, 2.24) is 10.2 Å². The van der Waals surface area contributed by atoms with Crippen molar-refractivity contribution in [1.29, 1.82) is 0 Å². The smallest absolute Gasteiger partial charge is 0.319 e. The number of fused-ring (bicyclic) bond motifs is 1. The summed E-state index contributed by atoms with van der Waals surface area (Å²) in [5.74, 6) is 1.48. The maximum absolute atomic E-state index is 12.0. The van der Waals surface area contributed by atoms with Crippen LogP contribution in [0, 0.1) is 5.92 Å². The monoisotopic (exact) mass is 303 g/mol. The van der Waals surface area contributed by atoms with Crippen molar-refractivity contribution < 1.29 is 9.53 Å². The molecule has 2 aliphatic rings. The third kappa shape index (κ3) is 3.53. The van der Waals surface area contributed by atoms with Gasteiger partial charge in [-0.05, 0) is 58.0 Å². The lowest BCUT2D eigenvalue weighted by Crippen LogP contribution is -2.33. The van der Waals surface area contributed by atoms with E-state index in [2.05, 4.69) is 36.4 Å². The fourth-order valence-corrected chi connectivity index (χ4v) is 3.29. The van der Waals surface area contributed by atoms with Crippen LogP contribution in [0.1, 0.15) is 25.8 Å². The molecule has 2 aliphatic heterocycles. The first kappa shape index (κ1) is 15.2. The first-order chi connectivity index (χ1) is 10.4.